The number of hydrogen-bond donors (Lipinski definition) is 0. The van der Waals surface area contributed by atoms with Gasteiger partial charge in [0, 0.05) is 12.5 Å². The topological polar surface area (TPSA) is 52.0 Å². The predicted octanol–water partition coefficient (Wildman–Crippen LogP) is 0.880. The SMILES string of the molecule is CCCc1ccn(CCS(C)(=O)=O)n1. The van der Waals surface area contributed by atoms with Crippen molar-refractivity contribution in [3.8, 4) is 0 Å². The van der Waals surface area contributed by atoms with Gasteiger partial charge in [-0.05, 0) is 12.5 Å². The van der Waals surface area contributed by atoms with E-state index in [4.69, 9.17) is 0 Å². The van der Waals surface area contributed by atoms with E-state index in [0.717, 1.165) is 18.5 Å². The molecule has 0 saturated heterocycles. The van der Waals surface area contributed by atoms with Crippen molar-refractivity contribution in [2.45, 2.75) is 26.3 Å². The van der Waals surface area contributed by atoms with Gasteiger partial charge in [0.05, 0.1) is 18.0 Å². The molecule has 0 radical (unpaired) electrons. The quantitative estimate of drug-likeness (QED) is 0.734. The van der Waals surface area contributed by atoms with Gasteiger partial charge < -0.3 is 0 Å². The first-order valence-electron chi connectivity index (χ1n) is 4.71. The highest BCUT2D eigenvalue weighted by molar-refractivity contribution is 7.90. The molecular formula is C9H16N2O2S. The molecule has 0 aliphatic carbocycles. The van der Waals surface area contributed by atoms with Crippen LogP contribution in [0.3, 0.4) is 0 Å². The Balaban J connectivity index is 2.52. The molecule has 0 aromatic carbocycles. The maximum atomic E-state index is 10.9. The lowest BCUT2D eigenvalue weighted by atomic mass is 10.3. The second kappa shape index (κ2) is 4.59. The average molecular weight is 216 g/mol. The first kappa shape index (κ1) is 11.2. The van der Waals surface area contributed by atoms with Crippen molar-refractivity contribution in [2.75, 3.05) is 12.0 Å². The molecule has 4 nitrogen and oxygen atoms in total. The van der Waals surface area contributed by atoms with Gasteiger partial charge in [0.2, 0.25) is 0 Å². The second-order valence-corrected chi connectivity index (χ2v) is 5.71. The second-order valence-electron chi connectivity index (χ2n) is 3.45. The van der Waals surface area contributed by atoms with Gasteiger partial charge in [0.15, 0.2) is 0 Å². The lowest BCUT2D eigenvalue weighted by Gasteiger charge is -1.99. The largest absolute Gasteiger partial charge is 0.271 e. The molecule has 0 bridgehead atoms. The molecule has 1 aromatic rings. The molecule has 0 spiro atoms. The van der Waals surface area contributed by atoms with E-state index in [1.807, 2.05) is 12.3 Å². The lowest BCUT2D eigenvalue weighted by molar-refractivity contribution is 0.584. The van der Waals surface area contributed by atoms with Crippen LogP contribution in [0, 0.1) is 0 Å². The number of sulfone groups is 1. The van der Waals surface area contributed by atoms with E-state index in [-0.39, 0.29) is 5.75 Å². The molecule has 0 amide bonds. The summed E-state index contributed by atoms with van der Waals surface area (Å²) >= 11 is 0. The van der Waals surface area contributed by atoms with E-state index in [1.54, 1.807) is 4.68 Å². The monoisotopic (exact) mass is 216 g/mol. The van der Waals surface area contributed by atoms with Gasteiger partial charge in [-0.3, -0.25) is 4.68 Å². The van der Waals surface area contributed by atoms with Crippen LogP contribution in [0.5, 0.6) is 0 Å². The van der Waals surface area contributed by atoms with Crippen LogP contribution in [-0.4, -0.2) is 30.2 Å². The van der Waals surface area contributed by atoms with Crippen molar-refractivity contribution in [3.05, 3.63) is 18.0 Å². The Bertz CT molecular complexity index is 381. The molecule has 0 saturated carbocycles. The minimum atomic E-state index is -2.89. The number of nitrogens with zero attached hydrogens (tertiary/aromatic N) is 2. The van der Waals surface area contributed by atoms with Gasteiger partial charge in [-0.2, -0.15) is 5.10 Å². The number of hydrogen-bond acceptors (Lipinski definition) is 3. The highest BCUT2D eigenvalue weighted by Crippen LogP contribution is 1.99. The first-order valence-corrected chi connectivity index (χ1v) is 6.77. The summed E-state index contributed by atoms with van der Waals surface area (Å²) in [6.45, 7) is 2.54. The summed E-state index contributed by atoms with van der Waals surface area (Å²) in [4.78, 5) is 0. The Morgan fingerprint density at radius 2 is 2.21 bits per heavy atom. The van der Waals surface area contributed by atoms with E-state index in [2.05, 4.69) is 12.0 Å². The molecule has 1 aromatic heterocycles. The van der Waals surface area contributed by atoms with Crippen LogP contribution in [0.4, 0.5) is 0 Å². The van der Waals surface area contributed by atoms with Crippen LogP contribution in [0.25, 0.3) is 0 Å². The summed E-state index contributed by atoms with van der Waals surface area (Å²) in [7, 11) is -2.89. The molecule has 1 rings (SSSR count). The van der Waals surface area contributed by atoms with Crippen molar-refractivity contribution in [3.63, 3.8) is 0 Å². The predicted molar refractivity (Wildman–Crippen MR) is 55.9 cm³/mol. The van der Waals surface area contributed by atoms with E-state index >= 15 is 0 Å². The van der Waals surface area contributed by atoms with Gasteiger partial charge in [0.1, 0.15) is 9.84 Å². The molecule has 80 valence electrons. The van der Waals surface area contributed by atoms with Gasteiger partial charge >= 0.3 is 0 Å². The van der Waals surface area contributed by atoms with Crippen molar-refractivity contribution in [1.29, 1.82) is 0 Å². The van der Waals surface area contributed by atoms with Gasteiger partial charge in [-0.25, -0.2) is 8.42 Å². The zero-order valence-corrected chi connectivity index (χ0v) is 9.42. The third-order valence-corrected chi connectivity index (χ3v) is 2.82. The van der Waals surface area contributed by atoms with Gasteiger partial charge in [-0.1, -0.05) is 13.3 Å². The van der Waals surface area contributed by atoms with Crippen LogP contribution in [0.1, 0.15) is 19.0 Å². The minimum absolute atomic E-state index is 0.153. The van der Waals surface area contributed by atoms with Crippen LogP contribution < -0.4 is 0 Å². The molecule has 0 atom stereocenters. The Hall–Kier alpha value is -0.840. The maximum absolute atomic E-state index is 10.9. The van der Waals surface area contributed by atoms with Crippen molar-refractivity contribution in [2.24, 2.45) is 0 Å². The summed E-state index contributed by atoms with van der Waals surface area (Å²) in [5.74, 6) is 0.153. The van der Waals surface area contributed by atoms with E-state index in [1.165, 1.54) is 6.26 Å². The molecule has 14 heavy (non-hydrogen) atoms. The van der Waals surface area contributed by atoms with Crippen LogP contribution in [-0.2, 0) is 22.8 Å². The minimum Gasteiger partial charge on any atom is -0.271 e. The van der Waals surface area contributed by atoms with Crippen LogP contribution >= 0.6 is 0 Å². The van der Waals surface area contributed by atoms with Crippen molar-refractivity contribution in [1.82, 2.24) is 9.78 Å². The van der Waals surface area contributed by atoms with Crippen molar-refractivity contribution < 1.29 is 8.42 Å². The third-order valence-electron chi connectivity index (χ3n) is 1.89. The standard InChI is InChI=1S/C9H16N2O2S/c1-3-4-9-5-6-11(10-9)7-8-14(2,12)13/h5-6H,3-4,7-8H2,1-2H3. The van der Waals surface area contributed by atoms with E-state index in [9.17, 15) is 8.42 Å². The van der Waals surface area contributed by atoms with E-state index in [0.29, 0.717) is 6.54 Å². The lowest BCUT2D eigenvalue weighted by Crippen LogP contribution is -2.11. The third kappa shape index (κ3) is 3.91. The van der Waals surface area contributed by atoms with Gasteiger partial charge in [0.25, 0.3) is 0 Å². The summed E-state index contributed by atoms with van der Waals surface area (Å²) in [6.07, 6.45) is 5.08. The molecule has 0 N–H and O–H groups in total. The highest BCUT2D eigenvalue weighted by atomic mass is 32.2. The summed E-state index contributed by atoms with van der Waals surface area (Å²) in [5, 5.41) is 4.26. The first-order chi connectivity index (χ1) is 6.51. The molecule has 0 unspecified atom stereocenters. The van der Waals surface area contributed by atoms with E-state index < -0.39 is 9.84 Å². The Labute approximate surface area is 84.9 Å². The normalized spacial score (nSPS) is 11.9. The molecule has 5 heteroatoms. The molecule has 0 aliphatic rings. The average Bonchev–Trinajstić information content (AvgIpc) is 2.49. The Morgan fingerprint density at radius 1 is 1.50 bits per heavy atom. The summed E-state index contributed by atoms with van der Waals surface area (Å²) in [6, 6.07) is 1.94. The Kier molecular flexibility index (Phi) is 3.69. The molecule has 0 fully saturated rings. The van der Waals surface area contributed by atoms with Crippen molar-refractivity contribution >= 4 is 9.84 Å². The summed E-state index contributed by atoms with van der Waals surface area (Å²) < 4.78 is 23.5. The fourth-order valence-electron chi connectivity index (χ4n) is 1.18. The van der Waals surface area contributed by atoms with Crippen LogP contribution in [0.2, 0.25) is 0 Å². The molecule has 0 aliphatic heterocycles. The smallest absolute Gasteiger partial charge is 0.149 e. The fourth-order valence-corrected chi connectivity index (χ4v) is 1.70. The number of aryl methyl sites for hydroxylation is 2. The highest BCUT2D eigenvalue weighted by Gasteiger charge is 2.03. The number of aromatic nitrogens is 2. The number of rotatable bonds is 5. The Morgan fingerprint density at radius 3 is 2.79 bits per heavy atom. The zero-order valence-electron chi connectivity index (χ0n) is 8.60. The zero-order chi connectivity index (χ0) is 10.6. The molecular weight excluding hydrogens is 200 g/mol. The fraction of sp³-hybridized carbons (Fsp3) is 0.667. The van der Waals surface area contributed by atoms with Gasteiger partial charge in [-0.15, -0.1) is 0 Å². The summed E-state index contributed by atoms with van der Waals surface area (Å²) in [5.41, 5.74) is 1.03. The molecule has 1 heterocycles. The van der Waals surface area contributed by atoms with Crippen LogP contribution in [0.15, 0.2) is 12.3 Å². The maximum Gasteiger partial charge on any atom is 0.149 e.